The molecule has 0 fully saturated rings. The third-order valence-electron chi connectivity index (χ3n) is 5.34. The highest BCUT2D eigenvalue weighted by Gasteiger charge is 2.38. The van der Waals surface area contributed by atoms with Crippen LogP contribution in [-0.4, -0.2) is 102 Å². The molecule has 8 nitrogen and oxygen atoms in total. The Morgan fingerprint density at radius 1 is 0.683 bits per heavy atom. The summed E-state index contributed by atoms with van der Waals surface area (Å²) in [4.78, 5) is 35.6. The molecule has 0 saturated heterocycles. The van der Waals surface area contributed by atoms with Crippen molar-refractivity contribution in [2.75, 3.05) is 64.2 Å². The first-order valence-corrected chi connectivity index (χ1v) is 18.6. The van der Waals surface area contributed by atoms with Gasteiger partial charge in [0, 0.05) is 22.5 Å². The van der Waals surface area contributed by atoms with E-state index in [9.17, 15) is 9.59 Å². The lowest BCUT2D eigenvalue weighted by molar-refractivity contribution is -0.272. The average molecular weight is 661 g/mol. The van der Waals surface area contributed by atoms with Crippen LogP contribution in [0.2, 0.25) is 0 Å². The van der Waals surface area contributed by atoms with Crippen LogP contribution in [0.15, 0.2) is 0 Å². The molecule has 1 atom stereocenters. The van der Waals surface area contributed by atoms with Crippen molar-refractivity contribution in [3.8, 4) is 0 Å². The van der Waals surface area contributed by atoms with Crippen LogP contribution in [-0.2, 0) is 38.3 Å². The van der Waals surface area contributed by atoms with Crippen LogP contribution in [0.4, 0.5) is 0 Å². The molecule has 0 heterocycles. The van der Waals surface area contributed by atoms with E-state index in [4.69, 9.17) is 28.7 Å². The second-order valence-electron chi connectivity index (χ2n) is 10.9. The van der Waals surface area contributed by atoms with Crippen LogP contribution in [0.1, 0.15) is 74.7 Å². The van der Waals surface area contributed by atoms with Gasteiger partial charge in [-0.05, 0) is 27.4 Å². The van der Waals surface area contributed by atoms with Crippen molar-refractivity contribution in [2.24, 2.45) is 5.41 Å². The largest absolute Gasteiger partial charge is 0.465 e. The summed E-state index contributed by atoms with van der Waals surface area (Å²) in [6, 6.07) is 0. The van der Waals surface area contributed by atoms with Gasteiger partial charge in [-0.2, -0.15) is 47.0 Å². The van der Waals surface area contributed by atoms with Crippen molar-refractivity contribution in [3.05, 3.63) is 0 Å². The lowest BCUT2D eigenvalue weighted by atomic mass is 9.85. The Labute approximate surface area is 266 Å². The van der Waals surface area contributed by atoms with Crippen molar-refractivity contribution in [1.29, 1.82) is 0 Å². The van der Waals surface area contributed by atoms with E-state index in [1.165, 1.54) is 7.11 Å². The van der Waals surface area contributed by atoms with Crippen molar-refractivity contribution < 1.29 is 38.3 Å². The number of rotatable bonds is 27. The van der Waals surface area contributed by atoms with Gasteiger partial charge in [-0.25, -0.2) is 9.78 Å². The molecule has 0 aliphatic heterocycles. The van der Waals surface area contributed by atoms with Gasteiger partial charge >= 0.3 is 11.9 Å². The van der Waals surface area contributed by atoms with Crippen LogP contribution in [0.3, 0.4) is 0 Å². The molecule has 0 N–H and O–H groups in total. The maximum absolute atomic E-state index is 12.7. The minimum Gasteiger partial charge on any atom is -0.465 e. The van der Waals surface area contributed by atoms with Gasteiger partial charge in [-0.1, -0.05) is 55.4 Å². The summed E-state index contributed by atoms with van der Waals surface area (Å²) in [5.41, 5.74) is -0.776. The van der Waals surface area contributed by atoms with Gasteiger partial charge in [0.1, 0.15) is 20.0 Å². The number of ether oxygens (including phenoxy) is 4. The van der Waals surface area contributed by atoms with Gasteiger partial charge in [-0.3, -0.25) is 9.59 Å². The first kappa shape index (κ1) is 41.2. The highest BCUT2D eigenvalue weighted by atomic mass is 32.2. The number of hydrogen-bond acceptors (Lipinski definition) is 12. The van der Waals surface area contributed by atoms with Gasteiger partial charge in [-0.15, -0.1) is 0 Å². The van der Waals surface area contributed by atoms with E-state index in [2.05, 4.69) is 55.4 Å². The van der Waals surface area contributed by atoms with E-state index in [1.54, 1.807) is 35.3 Å². The predicted octanol–water partition coefficient (Wildman–Crippen LogP) is 6.73. The van der Waals surface area contributed by atoms with E-state index in [0.717, 1.165) is 5.75 Å². The molecule has 0 saturated carbocycles. The molecule has 12 heteroatoms. The molecule has 0 aromatic carbocycles. The fourth-order valence-electron chi connectivity index (χ4n) is 3.55. The molecule has 0 spiro atoms. The number of thioether (sulfide) groups is 4. The fraction of sp³-hybridized carbons (Fsp3) is 0.931. The number of hydrogen-bond donors (Lipinski definition) is 0. The third kappa shape index (κ3) is 25.2. The van der Waals surface area contributed by atoms with Crippen LogP contribution < -0.4 is 0 Å². The molecular formula is C29H56O8S4. The molecular weight excluding hydrogens is 605 g/mol. The van der Waals surface area contributed by atoms with Gasteiger partial charge in [0.2, 0.25) is 0 Å². The maximum atomic E-state index is 12.7. The Balaban J connectivity index is 5.66. The highest BCUT2D eigenvalue weighted by molar-refractivity contribution is 8.00. The van der Waals surface area contributed by atoms with Crippen LogP contribution in [0.5, 0.6) is 0 Å². The van der Waals surface area contributed by atoms with E-state index in [1.807, 2.05) is 11.8 Å². The Morgan fingerprint density at radius 3 is 1.66 bits per heavy atom. The molecule has 0 radical (unpaired) electrons. The third-order valence-corrected chi connectivity index (χ3v) is 9.86. The minimum absolute atomic E-state index is 0.00712. The summed E-state index contributed by atoms with van der Waals surface area (Å²) in [5.74, 6) is 1.72. The Bertz CT molecular complexity index is 635. The zero-order chi connectivity index (χ0) is 31.1. The van der Waals surface area contributed by atoms with E-state index < -0.39 is 5.41 Å². The van der Waals surface area contributed by atoms with Gasteiger partial charge < -0.3 is 18.9 Å². The molecule has 0 aliphatic rings. The monoisotopic (exact) mass is 660 g/mol. The number of carbonyl (C=O) groups is 2. The second kappa shape index (κ2) is 25.5. The lowest BCUT2D eigenvalue weighted by Crippen LogP contribution is -2.42. The number of esters is 2. The smallest absolute Gasteiger partial charge is 0.306 e. The predicted molar refractivity (Wildman–Crippen MR) is 177 cm³/mol. The topological polar surface area (TPSA) is 89.5 Å². The molecule has 41 heavy (non-hydrogen) atoms. The van der Waals surface area contributed by atoms with Crippen molar-refractivity contribution in [1.82, 2.24) is 0 Å². The van der Waals surface area contributed by atoms with Crippen LogP contribution in [0, 0.1) is 5.41 Å². The zero-order valence-electron chi connectivity index (χ0n) is 26.8. The zero-order valence-corrected chi connectivity index (χ0v) is 30.0. The lowest BCUT2D eigenvalue weighted by Gasteiger charge is -2.35. The minimum atomic E-state index is -0.776. The summed E-state index contributed by atoms with van der Waals surface area (Å²) < 4.78 is 23.3. The van der Waals surface area contributed by atoms with E-state index in [-0.39, 0.29) is 43.8 Å². The Morgan fingerprint density at radius 2 is 1.20 bits per heavy atom. The summed E-state index contributed by atoms with van der Waals surface area (Å²) in [6.45, 7) is 18.3. The number of carbonyl (C=O) groups excluding carboxylic acids is 2. The van der Waals surface area contributed by atoms with Crippen molar-refractivity contribution in [2.45, 2.75) is 101 Å². The van der Waals surface area contributed by atoms with E-state index >= 15 is 0 Å². The van der Waals surface area contributed by atoms with Crippen LogP contribution >= 0.6 is 47.0 Å². The SMILES string of the molecule is COOCC(CC(COCOCCSC(C)C)(COC(=O)CCSC(C)C)COC(=O)CCSC(C)C)SC(C)C. The second-order valence-corrected chi connectivity index (χ2v) is 17.9. The summed E-state index contributed by atoms with van der Waals surface area (Å²) in [5, 5.41) is 1.74. The van der Waals surface area contributed by atoms with Crippen LogP contribution in [0.25, 0.3) is 0 Å². The molecule has 0 rings (SSSR count). The molecule has 0 amide bonds. The van der Waals surface area contributed by atoms with Crippen molar-refractivity contribution >= 4 is 59.0 Å². The Hall–Kier alpha value is 0.180. The van der Waals surface area contributed by atoms with Gasteiger partial charge in [0.15, 0.2) is 0 Å². The molecule has 0 aromatic rings. The van der Waals surface area contributed by atoms with Gasteiger partial charge in [0.05, 0.1) is 45.2 Å². The molecule has 244 valence electrons. The molecule has 0 bridgehead atoms. The quantitative estimate of drug-likeness (QED) is 0.0308. The maximum Gasteiger partial charge on any atom is 0.306 e. The average Bonchev–Trinajstić information content (AvgIpc) is 2.87. The normalized spacial score (nSPS) is 13.0. The summed E-state index contributed by atoms with van der Waals surface area (Å²) in [6.07, 6.45) is 1.17. The molecule has 1 unspecified atom stereocenters. The Kier molecular flexibility index (Phi) is 25.6. The van der Waals surface area contributed by atoms with E-state index in [0.29, 0.717) is 65.0 Å². The van der Waals surface area contributed by atoms with Gasteiger partial charge in [0.25, 0.3) is 0 Å². The standard InChI is InChI=1S/C29H56O8S4/c1-22(2)38-13-10-27(30)35-19-29(16-26(17-37-32-9)41-25(7)8,18-34-21-33-12-15-40-24(5)6)20-36-28(31)11-14-39-23(3)4/h22-26H,10-21H2,1-9H3. The van der Waals surface area contributed by atoms with Crippen molar-refractivity contribution in [3.63, 3.8) is 0 Å². The summed E-state index contributed by atoms with van der Waals surface area (Å²) >= 11 is 7.01. The fourth-order valence-corrected chi connectivity index (χ4v) is 7.10. The molecule has 0 aliphatic carbocycles. The molecule has 0 aromatic heterocycles. The first-order valence-electron chi connectivity index (χ1n) is 14.5. The highest BCUT2D eigenvalue weighted by Crippen LogP contribution is 2.34. The summed E-state index contributed by atoms with van der Waals surface area (Å²) in [7, 11) is 1.48. The first-order chi connectivity index (χ1) is 19.4.